The van der Waals surface area contributed by atoms with E-state index in [2.05, 4.69) is 0 Å². The lowest BCUT2D eigenvalue weighted by Crippen LogP contribution is -2.52. The molecule has 0 bridgehead atoms. The highest BCUT2D eigenvalue weighted by molar-refractivity contribution is 6.42. The van der Waals surface area contributed by atoms with E-state index in [4.69, 9.17) is 27.9 Å². The molecule has 3 amide bonds. The van der Waals surface area contributed by atoms with Gasteiger partial charge in [0.05, 0.1) is 26.8 Å². The minimum absolute atomic E-state index is 0.0644. The van der Waals surface area contributed by atoms with Crippen molar-refractivity contribution in [3.05, 3.63) is 98.0 Å². The number of hydrazine groups is 1. The predicted molar refractivity (Wildman–Crippen MR) is 149 cm³/mol. The number of Topliss-reactive ketones (excluding diaryl/α,β-unsaturated/α-hetero) is 1. The van der Waals surface area contributed by atoms with Crippen LogP contribution in [0.25, 0.3) is 0 Å². The van der Waals surface area contributed by atoms with Crippen LogP contribution < -0.4 is 4.74 Å². The third-order valence-electron chi connectivity index (χ3n) is 7.21. The first-order chi connectivity index (χ1) is 19.6. The van der Waals surface area contributed by atoms with E-state index in [-0.39, 0.29) is 26.9 Å². The average Bonchev–Trinajstić information content (AvgIpc) is 3.22. The van der Waals surface area contributed by atoms with Crippen molar-refractivity contribution >= 4 is 52.4 Å². The van der Waals surface area contributed by atoms with Crippen LogP contribution in [0.3, 0.4) is 0 Å². The molecule has 12 heteroatoms. The first-order valence-electron chi connectivity index (χ1n) is 12.8. The highest BCUT2D eigenvalue weighted by Gasteiger charge is 2.51. The number of non-ortho nitro benzene ring substituents is 1. The minimum Gasteiger partial charge on any atom is -0.457 e. The Kier molecular flexibility index (Phi) is 8.05. The summed E-state index contributed by atoms with van der Waals surface area (Å²) in [6, 6.07) is 15.7. The second-order valence-corrected chi connectivity index (χ2v) is 10.6. The van der Waals surface area contributed by atoms with Crippen LogP contribution in [-0.4, -0.2) is 45.0 Å². The van der Waals surface area contributed by atoms with Crippen LogP contribution in [-0.2, 0) is 9.59 Å². The fourth-order valence-corrected chi connectivity index (χ4v) is 5.40. The minimum atomic E-state index is -0.740. The van der Waals surface area contributed by atoms with Gasteiger partial charge in [0.2, 0.25) is 0 Å². The lowest BCUT2D eigenvalue weighted by Gasteiger charge is -2.30. The van der Waals surface area contributed by atoms with Gasteiger partial charge >= 0.3 is 0 Å². The molecule has 3 aromatic carbocycles. The van der Waals surface area contributed by atoms with Crippen molar-refractivity contribution in [2.75, 3.05) is 6.54 Å². The molecule has 2 fully saturated rings. The molecule has 3 aromatic rings. The van der Waals surface area contributed by atoms with Crippen molar-refractivity contribution in [3.8, 4) is 11.5 Å². The number of hydrogen-bond acceptors (Lipinski definition) is 7. The maximum atomic E-state index is 13.6. The van der Waals surface area contributed by atoms with E-state index >= 15 is 0 Å². The zero-order valence-corrected chi connectivity index (χ0v) is 23.0. The molecule has 0 aromatic heterocycles. The summed E-state index contributed by atoms with van der Waals surface area (Å²) in [4.78, 5) is 64.0. The molecule has 2 aliphatic rings. The van der Waals surface area contributed by atoms with Gasteiger partial charge in [-0.1, -0.05) is 36.0 Å². The van der Waals surface area contributed by atoms with Crippen molar-refractivity contribution in [3.63, 3.8) is 0 Å². The van der Waals surface area contributed by atoms with Crippen molar-refractivity contribution in [2.45, 2.75) is 25.7 Å². The van der Waals surface area contributed by atoms with E-state index in [1.807, 2.05) is 0 Å². The van der Waals surface area contributed by atoms with Crippen molar-refractivity contribution in [1.29, 1.82) is 0 Å². The van der Waals surface area contributed by atoms with Gasteiger partial charge in [0.1, 0.15) is 18.0 Å². The number of ether oxygens (including phenoxy) is 1. The molecule has 1 aliphatic heterocycles. The average molecular weight is 596 g/mol. The number of carbonyl (C=O) groups excluding carboxylic acids is 4. The molecule has 0 radical (unpaired) electrons. The van der Waals surface area contributed by atoms with E-state index in [1.165, 1.54) is 66.7 Å². The molecular weight excluding hydrogens is 573 g/mol. The molecule has 0 N–H and O–H groups in total. The topological polar surface area (TPSA) is 127 Å². The molecule has 1 heterocycles. The van der Waals surface area contributed by atoms with Crippen LogP contribution in [0.15, 0.2) is 66.7 Å². The number of nitrogens with zero attached hydrogens (tertiary/aromatic N) is 3. The Hall–Kier alpha value is -4.28. The molecule has 0 spiro atoms. The lowest BCUT2D eigenvalue weighted by atomic mass is 9.81. The number of rotatable bonds is 8. The molecule has 1 saturated heterocycles. The molecule has 1 saturated carbocycles. The lowest BCUT2D eigenvalue weighted by molar-refractivity contribution is -0.384. The van der Waals surface area contributed by atoms with Gasteiger partial charge in [-0.15, -0.1) is 0 Å². The predicted octanol–water partition coefficient (Wildman–Crippen LogP) is 6.11. The Morgan fingerprint density at radius 3 is 1.93 bits per heavy atom. The molecule has 210 valence electrons. The Bertz CT molecular complexity index is 1520. The highest BCUT2D eigenvalue weighted by Crippen LogP contribution is 2.39. The van der Waals surface area contributed by atoms with Crippen molar-refractivity contribution < 1.29 is 28.8 Å². The largest absolute Gasteiger partial charge is 0.457 e. The van der Waals surface area contributed by atoms with Crippen LogP contribution in [0, 0.1) is 22.0 Å². The Balaban J connectivity index is 1.38. The monoisotopic (exact) mass is 595 g/mol. The summed E-state index contributed by atoms with van der Waals surface area (Å²) in [6.45, 7) is -0.571. The number of benzene rings is 3. The number of nitro benzene ring substituents is 1. The summed E-state index contributed by atoms with van der Waals surface area (Å²) in [7, 11) is 0. The smallest absolute Gasteiger partial charge is 0.273 e. The molecule has 0 unspecified atom stereocenters. The van der Waals surface area contributed by atoms with Gasteiger partial charge in [0.15, 0.2) is 5.78 Å². The quantitative estimate of drug-likeness (QED) is 0.133. The number of fused-ring (bicyclic) bond motifs is 1. The third-order valence-corrected chi connectivity index (χ3v) is 7.95. The first-order valence-corrected chi connectivity index (χ1v) is 13.6. The Morgan fingerprint density at radius 1 is 0.854 bits per heavy atom. The van der Waals surface area contributed by atoms with Gasteiger partial charge < -0.3 is 4.74 Å². The second kappa shape index (κ2) is 11.7. The summed E-state index contributed by atoms with van der Waals surface area (Å²) < 4.78 is 5.69. The Morgan fingerprint density at radius 2 is 1.39 bits per heavy atom. The number of halogens is 2. The highest BCUT2D eigenvalue weighted by atomic mass is 35.5. The molecule has 5 rings (SSSR count). The van der Waals surface area contributed by atoms with Gasteiger partial charge in [-0.25, -0.2) is 5.01 Å². The second-order valence-electron chi connectivity index (χ2n) is 9.78. The van der Waals surface area contributed by atoms with Gasteiger partial charge in [-0.05, 0) is 67.4 Å². The van der Waals surface area contributed by atoms with E-state index in [0.29, 0.717) is 24.3 Å². The number of nitro groups is 1. The maximum Gasteiger partial charge on any atom is 0.273 e. The van der Waals surface area contributed by atoms with E-state index < -0.39 is 46.8 Å². The van der Waals surface area contributed by atoms with E-state index in [0.717, 1.165) is 22.9 Å². The van der Waals surface area contributed by atoms with Crippen LogP contribution in [0.2, 0.25) is 10.0 Å². The third kappa shape index (κ3) is 5.79. The fraction of sp³-hybridized carbons (Fsp3) is 0.241. The zero-order chi connectivity index (χ0) is 29.3. The number of amides is 3. The molecule has 1 aliphatic carbocycles. The SMILES string of the molecule is O=C(CN(C(=O)c1ccc(Cl)c(Cl)c1)N1C(=O)[C@H]2CCCC[C@H]2C1=O)c1ccc(Oc2ccc([N+](=O)[O-])cc2)cc1. The van der Waals surface area contributed by atoms with Crippen LogP contribution in [0.4, 0.5) is 5.69 Å². The van der Waals surface area contributed by atoms with Gasteiger partial charge in [0.25, 0.3) is 23.4 Å². The molecular formula is C29H23Cl2N3O7. The first kappa shape index (κ1) is 28.3. The van der Waals surface area contributed by atoms with Gasteiger partial charge in [0, 0.05) is 23.3 Å². The number of imide groups is 1. The molecule has 41 heavy (non-hydrogen) atoms. The summed E-state index contributed by atoms with van der Waals surface area (Å²) >= 11 is 12.1. The zero-order valence-electron chi connectivity index (χ0n) is 21.5. The van der Waals surface area contributed by atoms with Crippen LogP contribution in [0.5, 0.6) is 11.5 Å². The number of ketones is 1. The van der Waals surface area contributed by atoms with Gasteiger partial charge in [-0.3, -0.25) is 29.3 Å². The summed E-state index contributed by atoms with van der Waals surface area (Å²) in [6.07, 6.45) is 2.71. The van der Waals surface area contributed by atoms with Crippen molar-refractivity contribution in [1.82, 2.24) is 10.0 Å². The fourth-order valence-electron chi connectivity index (χ4n) is 5.10. The van der Waals surface area contributed by atoms with Crippen LogP contribution >= 0.6 is 23.2 Å². The summed E-state index contributed by atoms with van der Waals surface area (Å²) in [5, 5.41) is 12.9. The standard InChI is InChI=1S/C29H23Cl2N3O7/c30-24-14-7-18(15-25(24)31)27(36)32(33-28(37)22-3-1-2-4-23(22)29(33)38)16-26(35)17-5-10-20(11-6-17)41-21-12-8-19(9-13-21)34(39)40/h5-15,22-23H,1-4,16H2/t22-,23+. The molecule has 2 atom stereocenters. The maximum absolute atomic E-state index is 13.6. The van der Waals surface area contributed by atoms with Crippen molar-refractivity contribution in [2.24, 2.45) is 11.8 Å². The molecule has 10 nitrogen and oxygen atoms in total. The Labute approximate surface area is 244 Å². The van der Waals surface area contributed by atoms with Gasteiger partial charge in [-0.2, -0.15) is 5.01 Å². The summed E-state index contributed by atoms with van der Waals surface area (Å²) in [5.74, 6) is -2.56. The van der Waals surface area contributed by atoms with E-state index in [9.17, 15) is 29.3 Å². The van der Waals surface area contributed by atoms with E-state index in [1.54, 1.807) is 0 Å². The number of carbonyl (C=O) groups is 4. The van der Waals surface area contributed by atoms with Crippen LogP contribution in [0.1, 0.15) is 46.4 Å². The number of hydrogen-bond donors (Lipinski definition) is 0. The summed E-state index contributed by atoms with van der Waals surface area (Å²) in [5.41, 5.74) is 0.200. The normalized spacial score (nSPS) is 18.1.